The molecule has 13 heavy (non-hydrogen) atoms. The maximum atomic E-state index is 12.5. The van der Waals surface area contributed by atoms with E-state index in [2.05, 4.69) is 0 Å². The van der Waals surface area contributed by atoms with Crippen LogP contribution < -0.4 is 0 Å². The molecule has 4 heteroatoms. The minimum absolute atomic E-state index is 0.00748. The first-order chi connectivity index (χ1) is 5.93. The topological polar surface area (TPSA) is 3.24 Å². The highest BCUT2D eigenvalue weighted by molar-refractivity contribution is 4.84. The summed E-state index contributed by atoms with van der Waals surface area (Å²) >= 11 is 0. The molecule has 0 saturated carbocycles. The average Bonchev–Trinajstić information content (AvgIpc) is 2.03. The van der Waals surface area contributed by atoms with Crippen molar-refractivity contribution in [1.82, 2.24) is 4.90 Å². The zero-order valence-corrected chi connectivity index (χ0v) is 8.06. The van der Waals surface area contributed by atoms with Crippen molar-refractivity contribution < 1.29 is 13.2 Å². The van der Waals surface area contributed by atoms with Gasteiger partial charge >= 0.3 is 6.18 Å². The predicted octanol–water partition coefficient (Wildman–Crippen LogP) is 2.81. The predicted molar refractivity (Wildman–Crippen MR) is 45.5 cm³/mol. The van der Waals surface area contributed by atoms with Crippen LogP contribution in [0.3, 0.4) is 0 Å². The van der Waals surface area contributed by atoms with Crippen molar-refractivity contribution in [3.8, 4) is 0 Å². The normalized spacial score (nSPS) is 26.8. The second-order valence-electron chi connectivity index (χ2n) is 3.88. The minimum atomic E-state index is -4.05. The van der Waals surface area contributed by atoms with Crippen LogP contribution >= 0.6 is 0 Å². The zero-order chi connectivity index (χ0) is 10.1. The number of rotatable bonds is 1. The van der Waals surface area contributed by atoms with Crippen LogP contribution in [0.2, 0.25) is 0 Å². The number of hydrogen-bond acceptors (Lipinski definition) is 1. The molecular formula is C9H16F3N. The minimum Gasteiger partial charge on any atom is -0.290 e. The molecule has 0 spiro atoms. The van der Waals surface area contributed by atoms with E-state index >= 15 is 0 Å². The second-order valence-corrected chi connectivity index (χ2v) is 3.88. The molecule has 1 rings (SSSR count). The first-order valence-corrected chi connectivity index (χ1v) is 4.75. The maximum Gasteiger partial charge on any atom is 0.404 e. The summed E-state index contributed by atoms with van der Waals surface area (Å²) in [5.74, 6) is 0. The fourth-order valence-corrected chi connectivity index (χ4v) is 1.92. The summed E-state index contributed by atoms with van der Waals surface area (Å²) in [6.07, 6.45) is -2.19. The van der Waals surface area contributed by atoms with Crippen LogP contribution in [0.5, 0.6) is 0 Å². The summed E-state index contributed by atoms with van der Waals surface area (Å²) in [6, 6.07) is -1.21. The molecule has 0 N–H and O–H groups in total. The third-order valence-electron chi connectivity index (χ3n) is 2.59. The molecule has 0 aromatic rings. The fraction of sp³-hybridized carbons (Fsp3) is 1.00. The van der Waals surface area contributed by atoms with Gasteiger partial charge in [-0.15, -0.1) is 0 Å². The number of hydrogen-bond donors (Lipinski definition) is 0. The fourth-order valence-electron chi connectivity index (χ4n) is 1.92. The lowest BCUT2D eigenvalue weighted by molar-refractivity contribution is -0.195. The van der Waals surface area contributed by atoms with Gasteiger partial charge in [0, 0.05) is 6.04 Å². The van der Waals surface area contributed by atoms with Gasteiger partial charge in [0.1, 0.15) is 6.04 Å². The van der Waals surface area contributed by atoms with Crippen molar-refractivity contribution >= 4 is 0 Å². The molecule has 1 atom stereocenters. The molecular weight excluding hydrogens is 179 g/mol. The lowest BCUT2D eigenvalue weighted by Crippen LogP contribution is -2.51. The standard InChI is InChI=1S/C9H16F3N/c1-7(2)13-6-4-3-5-8(13)9(10,11)12/h7-8H,3-6H2,1-2H3. The van der Waals surface area contributed by atoms with Gasteiger partial charge in [0.2, 0.25) is 0 Å². The van der Waals surface area contributed by atoms with E-state index in [-0.39, 0.29) is 12.5 Å². The summed E-state index contributed by atoms with van der Waals surface area (Å²) in [7, 11) is 0. The van der Waals surface area contributed by atoms with Crippen LogP contribution in [-0.2, 0) is 0 Å². The van der Waals surface area contributed by atoms with E-state index in [1.165, 1.54) is 0 Å². The van der Waals surface area contributed by atoms with Gasteiger partial charge in [-0.2, -0.15) is 13.2 Å². The lowest BCUT2D eigenvalue weighted by Gasteiger charge is -2.39. The molecule has 1 nitrogen and oxygen atoms in total. The molecule has 1 saturated heterocycles. The molecule has 0 amide bonds. The Labute approximate surface area is 76.9 Å². The Kier molecular flexibility index (Phi) is 3.22. The smallest absolute Gasteiger partial charge is 0.290 e. The second kappa shape index (κ2) is 3.86. The Bertz CT molecular complexity index is 165. The van der Waals surface area contributed by atoms with Gasteiger partial charge in [0.25, 0.3) is 0 Å². The van der Waals surface area contributed by atoms with E-state index in [0.717, 1.165) is 6.42 Å². The van der Waals surface area contributed by atoms with E-state index in [1.54, 1.807) is 4.90 Å². The van der Waals surface area contributed by atoms with E-state index in [0.29, 0.717) is 13.0 Å². The number of alkyl halides is 3. The Balaban J connectivity index is 2.67. The van der Waals surface area contributed by atoms with E-state index in [9.17, 15) is 13.2 Å². The Morgan fingerprint density at radius 3 is 2.23 bits per heavy atom. The highest BCUT2D eigenvalue weighted by Crippen LogP contribution is 2.32. The average molecular weight is 195 g/mol. The van der Waals surface area contributed by atoms with Gasteiger partial charge in [-0.3, -0.25) is 4.90 Å². The number of halogens is 3. The molecule has 78 valence electrons. The first-order valence-electron chi connectivity index (χ1n) is 4.75. The molecule has 0 aliphatic carbocycles. The largest absolute Gasteiger partial charge is 0.404 e. The zero-order valence-electron chi connectivity index (χ0n) is 8.06. The van der Waals surface area contributed by atoms with Crippen LogP contribution in [0.4, 0.5) is 13.2 Å². The van der Waals surface area contributed by atoms with Gasteiger partial charge in [-0.25, -0.2) is 0 Å². The van der Waals surface area contributed by atoms with Gasteiger partial charge in [0.15, 0.2) is 0 Å². The maximum absolute atomic E-state index is 12.5. The van der Waals surface area contributed by atoms with Gasteiger partial charge < -0.3 is 0 Å². The van der Waals surface area contributed by atoms with Crippen molar-refractivity contribution in [1.29, 1.82) is 0 Å². The van der Waals surface area contributed by atoms with Crippen LogP contribution in [0.25, 0.3) is 0 Å². The van der Waals surface area contributed by atoms with E-state index in [4.69, 9.17) is 0 Å². The molecule has 1 unspecified atom stereocenters. The summed E-state index contributed by atoms with van der Waals surface area (Å²) in [5.41, 5.74) is 0. The summed E-state index contributed by atoms with van der Waals surface area (Å²) in [4.78, 5) is 1.56. The Morgan fingerprint density at radius 2 is 1.85 bits per heavy atom. The van der Waals surface area contributed by atoms with Crippen LogP contribution in [0.15, 0.2) is 0 Å². The molecule has 1 fully saturated rings. The van der Waals surface area contributed by atoms with Crippen LogP contribution in [0.1, 0.15) is 33.1 Å². The summed E-state index contributed by atoms with van der Waals surface area (Å²) in [6.45, 7) is 4.23. The highest BCUT2D eigenvalue weighted by atomic mass is 19.4. The molecule has 0 bridgehead atoms. The Hall–Kier alpha value is -0.250. The lowest BCUT2D eigenvalue weighted by atomic mass is 10.00. The van der Waals surface area contributed by atoms with Crippen LogP contribution in [0, 0.1) is 0 Å². The van der Waals surface area contributed by atoms with Crippen molar-refractivity contribution in [2.24, 2.45) is 0 Å². The highest BCUT2D eigenvalue weighted by Gasteiger charge is 2.44. The number of nitrogens with zero attached hydrogens (tertiary/aromatic N) is 1. The van der Waals surface area contributed by atoms with Crippen LogP contribution in [-0.4, -0.2) is 29.7 Å². The molecule has 1 heterocycles. The van der Waals surface area contributed by atoms with Gasteiger partial charge in [-0.1, -0.05) is 6.42 Å². The molecule has 1 aliphatic heterocycles. The third kappa shape index (κ3) is 2.59. The molecule has 0 aromatic heterocycles. The van der Waals surface area contributed by atoms with Gasteiger partial charge in [0.05, 0.1) is 0 Å². The SMILES string of the molecule is CC(C)N1CCCCC1C(F)(F)F. The monoisotopic (exact) mass is 195 g/mol. The molecule has 0 radical (unpaired) electrons. The third-order valence-corrected chi connectivity index (χ3v) is 2.59. The molecule has 0 aromatic carbocycles. The Morgan fingerprint density at radius 1 is 1.23 bits per heavy atom. The number of likely N-dealkylation sites (tertiary alicyclic amines) is 1. The van der Waals surface area contributed by atoms with Crippen molar-refractivity contribution in [3.05, 3.63) is 0 Å². The number of piperidine rings is 1. The molecule has 1 aliphatic rings. The van der Waals surface area contributed by atoms with Crippen molar-refractivity contribution in [2.75, 3.05) is 6.54 Å². The van der Waals surface area contributed by atoms with Crippen molar-refractivity contribution in [3.63, 3.8) is 0 Å². The summed E-state index contributed by atoms with van der Waals surface area (Å²) < 4.78 is 37.5. The summed E-state index contributed by atoms with van der Waals surface area (Å²) in [5, 5.41) is 0. The van der Waals surface area contributed by atoms with Crippen molar-refractivity contribution in [2.45, 2.75) is 51.4 Å². The van der Waals surface area contributed by atoms with E-state index in [1.807, 2.05) is 13.8 Å². The van der Waals surface area contributed by atoms with E-state index < -0.39 is 12.2 Å². The van der Waals surface area contributed by atoms with Gasteiger partial charge in [-0.05, 0) is 33.2 Å². The quantitative estimate of drug-likeness (QED) is 0.622. The first kappa shape index (κ1) is 10.8.